The number of likely N-dealkylation sites (N-methyl/N-ethyl adjacent to an activating group) is 1. The van der Waals surface area contributed by atoms with Gasteiger partial charge in [-0.15, -0.1) is 12.4 Å². The highest BCUT2D eigenvalue weighted by Crippen LogP contribution is 2.19. The van der Waals surface area contributed by atoms with E-state index in [1.54, 1.807) is 25.0 Å². The van der Waals surface area contributed by atoms with E-state index in [1.807, 2.05) is 44.4 Å². The summed E-state index contributed by atoms with van der Waals surface area (Å²) in [5.41, 5.74) is 1.86. The average Bonchev–Trinajstić information content (AvgIpc) is 2.94. The minimum atomic E-state index is -0.422. The van der Waals surface area contributed by atoms with Gasteiger partial charge < -0.3 is 15.4 Å². The van der Waals surface area contributed by atoms with E-state index in [4.69, 9.17) is 4.74 Å². The third-order valence-corrected chi connectivity index (χ3v) is 3.58. The second-order valence-corrected chi connectivity index (χ2v) is 5.17. The average molecular weight is 339 g/mol. The summed E-state index contributed by atoms with van der Waals surface area (Å²) in [5.74, 6) is 0.713. The number of nitrogens with one attached hydrogen (secondary N) is 2. The summed E-state index contributed by atoms with van der Waals surface area (Å²) in [6, 6.07) is 7.15. The lowest BCUT2D eigenvalue weighted by Crippen LogP contribution is -2.37. The number of methoxy groups -OCH3 is 1. The molecule has 0 spiro atoms. The molecule has 7 heteroatoms. The molecular formula is C16H23ClN4O2. The van der Waals surface area contributed by atoms with Gasteiger partial charge in [-0.2, -0.15) is 5.10 Å². The van der Waals surface area contributed by atoms with Gasteiger partial charge in [-0.3, -0.25) is 9.48 Å². The fourth-order valence-corrected chi connectivity index (χ4v) is 2.31. The van der Waals surface area contributed by atoms with Crippen molar-refractivity contribution in [1.82, 2.24) is 20.4 Å². The number of ether oxygens (including phenoxy) is 1. The number of benzene rings is 1. The molecule has 0 aliphatic rings. The van der Waals surface area contributed by atoms with E-state index >= 15 is 0 Å². The molecule has 0 saturated heterocycles. The maximum absolute atomic E-state index is 12.5. The maximum atomic E-state index is 12.5. The zero-order valence-corrected chi connectivity index (χ0v) is 14.6. The molecule has 2 aromatic rings. The molecule has 0 aliphatic heterocycles. The van der Waals surface area contributed by atoms with Gasteiger partial charge >= 0.3 is 0 Å². The molecule has 2 unspecified atom stereocenters. The van der Waals surface area contributed by atoms with Crippen LogP contribution in [-0.2, 0) is 11.8 Å². The number of rotatable bonds is 6. The smallest absolute Gasteiger partial charge is 0.242 e. The number of carbonyl (C=O) groups is 1. The first kappa shape index (κ1) is 19.0. The first-order chi connectivity index (χ1) is 10.5. The summed E-state index contributed by atoms with van der Waals surface area (Å²) >= 11 is 0. The lowest BCUT2D eigenvalue weighted by atomic mass is 10.1. The third-order valence-electron chi connectivity index (χ3n) is 3.58. The van der Waals surface area contributed by atoms with Crippen LogP contribution in [0.5, 0.6) is 5.75 Å². The molecule has 6 nitrogen and oxygen atoms in total. The van der Waals surface area contributed by atoms with Gasteiger partial charge in [0.2, 0.25) is 5.91 Å². The molecular weight excluding hydrogens is 316 g/mol. The molecule has 126 valence electrons. The van der Waals surface area contributed by atoms with Crippen molar-refractivity contribution in [1.29, 1.82) is 0 Å². The van der Waals surface area contributed by atoms with Crippen LogP contribution in [0.2, 0.25) is 0 Å². The molecule has 1 heterocycles. The Morgan fingerprint density at radius 2 is 1.91 bits per heavy atom. The summed E-state index contributed by atoms with van der Waals surface area (Å²) in [6.07, 6.45) is 3.53. The van der Waals surface area contributed by atoms with Crippen LogP contribution in [0.25, 0.3) is 0 Å². The molecule has 23 heavy (non-hydrogen) atoms. The van der Waals surface area contributed by atoms with Gasteiger partial charge in [0.05, 0.1) is 19.3 Å². The van der Waals surface area contributed by atoms with Crippen LogP contribution < -0.4 is 15.4 Å². The van der Waals surface area contributed by atoms with Gasteiger partial charge in [0.25, 0.3) is 0 Å². The fraction of sp³-hybridized carbons (Fsp3) is 0.375. The van der Waals surface area contributed by atoms with Gasteiger partial charge in [-0.05, 0) is 31.7 Å². The van der Waals surface area contributed by atoms with Crippen molar-refractivity contribution in [3.63, 3.8) is 0 Å². The normalized spacial score (nSPS) is 12.9. The Labute approximate surface area is 142 Å². The fourth-order valence-electron chi connectivity index (χ4n) is 2.31. The summed E-state index contributed by atoms with van der Waals surface area (Å²) in [4.78, 5) is 12.5. The van der Waals surface area contributed by atoms with E-state index < -0.39 is 6.04 Å². The Hall–Kier alpha value is -2.05. The first-order valence-corrected chi connectivity index (χ1v) is 7.15. The molecule has 1 aromatic carbocycles. The number of aromatic nitrogens is 2. The van der Waals surface area contributed by atoms with Crippen molar-refractivity contribution in [3.05, 3.63) is 47.8 Å². The van der Waals surface area contributed by atoms with E-state index in [9.17, 15) is 4.79 Å². The molecule has 2 rings (SSSR count). The number of nitrogens with zero attached hydrogens (tertiary/aromatic N) is 2. The van der Waals surface area contributed by atoms with Gasteiger partial charge in [0.15, 0.2) is 0 Å². The lowest BCUT2D eigenvalue weighted by molar-refractivity contribution is -0.123. The molecule has 0 fully saturated rings. The maximum Gasteiger partial charge on any atom is 0.242 e. The topological polar surface area (TPSA) is 68.2 Å². The van der Waals surface area contributed by atoms with Crippen molar-refractivity contribution >= 4 is 18.3 Å². The van der Waals surface area contributed by atoms with Gasteiger partial charge in [0.1, 0.15) is 11.8 Å². The number of amides is 1. The largest absolute Gasteiger partial charge is 0.497 e. The number of carbonyl (C=O) groups excluding carboxylic acids is 1. The first-order valence-electron chi connectivity index (χ1n) is 7.15. The van der Waals surface area contributed by atoms with Crippen LogP contribution in [0.4, 0.5) is 0 Å². The number of hydrogen-bond donors (Lipinski definition) is 2. The monoisotopic (exact) mass is 338 g/mol. The SMILES string of the molecule is CNC(C(=O)NC(C)c1ccc(OC)cc1)c1cnn(C)c1.Cl. The molecule has 1 aromatic heterocycles. The summed E-state index contributed by atoms with van der Waals surface area (Å²) in [5, 5.41) is 10.1. The van der Waals surface area contributed by atoms with Crippen molar-refractivity contribution in [3.8, 4) is 5.75 Å². The van der Waals surface area contributed by atoms with Crippen molar-refractivity contribution in [2.75, 3.05) is 14.2 Å². The van der Waals surface area contributed by atoms with Crippen LogP contribution in [0.3, 0.4) is 0 Å². The number of aryl methyl sites for hydroxylation is 1. The summed E-state index contributed by atoms with van der Waals surface area (Å²) in [7, 11) is 5.22. The van der Waals surface area contributed by atoms with E-state index in [2.05, 4.69) is 15.7 Å². The van der Waals surface area contributed by atoms with Crippen molar-refractivity contribution in [2.45, 2.75) is 19.0 Å². The molecule has 0 saturated carbocycles. The molecule has 0 aliphatic carbocycles. The van der Waals surface area contributed by atoms with Crippen LogP contribution in [0.1, 0.15) is 30.1 Å². The highest BCUT2D eigenvalue weighted by molar-refractivity contribution is 5.85. The highest BCUT2D eigenvalue weighted by Gasteiger charge is 2.21. The summed E-state index contributed by atoms with van der Waals surface area (Å²) in [6.45, 7) is 1.95. The number of halogens is 1. The van der Waals surface area contributed by atoms with Gasteiger partial charge in [-0.1, -0.05) is 12.1 Å². The van der Waals surface area contributed by atoms with Crippen LogP contribution in [-0.4, -0.2) is 29.8 Å². The van der Waals surface area contributed by atoms with E-state index in [0.29, 0.717) is 0 Å². The van der Waals surface area contributed by atoms with Gasteiger partial charge in [-0.25, -0.2) is 0 Å². The van der Waals surface area contributed by atoms with Crippen LogP contribution >= 0.6 is 12.4 Å². The van der Waals surface area contributed by atoms with E-state index in [0.717, 1.165) is 16.9 Å². The number of hydrogen-bond acceptors (Lipinski definition) is 4. The molecule has 0 radical (unpaired) electrons. The molecule has 2 atom stereocenters. The standard InChI is InChI=1S/C16H22N4O2.ClH/c1-11(12-5-7-14(22-4)8-6-12)19-16(21)15(17-2)13-9-18-20(3)10-13;/h5-11,15,17H,1-4H3,(H,19,21);1H. The predicted molar refractivity (Wildman–Crippen MR) is 91.8 cm³/mol. The minimum Gasteiger partial charge on any atom is -0.497 e. The molecule has 1 amide bonds. The molecule has 0 bridgehead atoms. The second-order valence-electron chi connectivity index (χ2n) is 5.17. The zero-order chi connectivity index (χ0) is 16.1. The van der Waals surface area contributed by atoms with Crippen molar-refractivity contribution in [2.24, 2.45) is 7.05 Å². The van der Waals surface area contributed by atoms with Crippen molar-refractivity contribution < 1.29 is 9.53 Å². The quantitative estimate of drug-likeness (QED) is 0.845. The molecule has 2 N–H and O–H groups in total. The van der Waals surface area contributed by atoms with E-state index in [-0.39, 0.29) is 24.4 Å². The zero-order valence-electron chi connectivity index (χ0n) is 13.7. The van der Waals surface area contributed by atoms with Crippen LogP contribution in [0.15, 0.2) is 36.7 Å². The predicted octanol–water partition coefficient (Wildman–Crippen LogP) is 1.99. The lowest BCUT2D eigenvalue weighted by Gasteiger charge is -2.19. The van der Waals surface area contributed by atoms with E-state index in [1.165, 1.54) is 0 Å². The highest BCUT2D eigenvalue weighted by atomic mass is 35.5. The summed E-state index contributed by atoms with van der Waals surface area (Å²) < 4.78 is 6.82. The third kappa shape index (κ3) is 4.71. The minimum absolute atomic E-state index is 0. The van der Waals surface area contributed by atoms with Gasteiger partial charge in [0, 0.05) is 18.8 Å². The Bertz CT molecular complexity index is 627. The second kappa shape index (κ2) is 8.55. The Morgan fingerprint density at radius 3 is 2.39 bits per heavy atom. The Balaban J connectivity index is 0.00000264. The van der Waals surface area contributed by atoms with Crippen LogP contribution in [0, 0.1) is 0 Å². The Kier molecular flexibility index (Phi) is 7.06. The Morgan fingerprint density at radius 1 is 1.26 bits per heavy atom.